The number of hydrogen-bond donors (Lipinski definition) is 2. The molecule has 3 N–H and O–H groups in total. The van der Waals surface area contributed by atoms with Crippen molar-refractivity contribution in [1.29, 1.82) is 0 Å². The lowest BCUT2D eigenvalue weighted by Crippen LogP contribution is -2.13. The van der Waals surface area contributed by atoms with Crippen molar-refractivity contribution in [2.45, 2.75) is 13.8 Å². The summed E-state index contributed by atoms with van der Waals surface area (Å²) in [5.41, 5.74) is 9.70. The van der Waals surface area contributed by atoms with Gasteiger partial charge in [0.15, 0.2) is 0 Å². The minimum absolute atomic E-state index is 0.139. The number of anilines is 1. The lowest BCUT2D eigenvalue weighted by molar-refractivity contribution is 0.102. The molecule has 2 aromatic rings. The molecule has 0 atom stereocenters. The van der Waals surface area contributed by atoms with Crippen LogP contribution in [0.25, 0.3) is 0 Å². The van der Waals surface area contributed by atoms with Crippen molar-refractivity contribution in [3.05, 3.63) is 64.7 Å². The second-order valence-electron chi connectivity index (χ2n) is 4.86. The van der Waals surface area contributed by atoms with Gasteiger partial charge in [-0.3, -0.25) is 4.79 Å². The molecule has 3 heteroatoms. The smallest absolute Gasteiger partial charge is 0.255 e. The van der Waals surface area contributed by atoms with Gasteiger partial charge in [0.05, 0.1) is 6.54 Å². The second kappa shape index (κ2) is 6.74. The summed E-state index contributed by atoms with van der Waals surface area (Å²) in [4.78, 5) is 12.3. The highest BCUT2D eigenvalue weighted by Gasteiger charge is 2.08. The molecule has 3 nitrogen and oxygen atoms in total. The Hall–Kier alpha value is -2.57. The zero-order valence-corrected chi connectivity index (χ0v) is 12.2. The highest BCUT2D eigenvalue weighted by molar-refractivity contribution is 6.04. The molecule has 0 aliphatic rings. The van der Waals surface area contributed by atoms with Gasteiger partial charge in [-0.25, -0.2) is 0 Å². The van der Waals surface area contributed by atoms with E-state index in [0.29, 0.717) is 12.1 Å². The molecule has 0 heterocycles. The highest BCUT2D eigenvalue weighted by atomic mass is 16.1. The summed E-state index contributed by atoms with van der Waals surface area (Å²) >= 11 is 0. The van der Waals surface area contributed by atoms with E-state index in [-0.39, 0.29) is 5.91 Å². The van der Waals surface area contributed by atoms with E-state index in [1.165, 1.54) is 0 Å². The van der Waals surface area contributed by atoms with Gasteiger partial charge in [-0.1, -0.05) is 30.0 Å². The standard InChI is InChI=1S/C18H18N2O/c1-13-8-9-14(2)17(11-13)20-18(21)16-7-3-5-15(12-16)6-4-10-19/h3,5,7-9,11-12H,10,19H2,1-2H3,(H,20,21). The van der Waals surface area contributed by atoms with E-state index in [2.05, 4.69) is 17.2 Å². The van der Waals surface area contributed by atoms with Crippen molar-refractivity contribution in [2.75, 3.05) is 11.9 Å². The first-order valence-electron chi connectivity index (χ1n) is 6.78. The Labute approximate surface area is 125 Å². The van der Waals surface area contributed by atoms with Crippen molar-refractivity contribution < 1.29 is 4.79 Å². The van der Waals surface area contributed by atoms with Crippen LogP contribution >= 0.6 is 0 Å². The second-order valence-corrected chi connectivity index (χ2v) is 4.86. The topological polar surface area (TPSA) is 55.1 Å². The maximum absolute atomic E-state index is 12.3. The van der Waals surface area contributed by atoms with Gasteiger partial charge in [-0.15, -0.1) is 0 Å². The number of rotatable bonds is 2. The van der Waals surface area contributed by atoms with Crippen LogP contribution in [0.5, 0.6) is 0 Å². The summed E-state index contributed by atoms with van der Waals surface area (Å²) < 4.78 is 0. The SMILES string of the molecule is Cc1ccc(C)c(NC(=O)c2cccc(C#CCN)c2)c1. The van der Waals surface area contributed by atoms with E-state index in [1.807, 2.05) is 44.2 Å². The Morgan fingerprint density at radius 1 is 1.19 bits per heavy atom. The zero-order valence-electron chi connectivity index (χ0n) is 12.2. The summed E-state index contributed by atoms with van der Waals surface area (Å²) in [6.07, 6.45) is 0. The molecule has 1 amide bonds. The first-order chi connectivity index (χ1) is 10.1. The number of benzene rings is 2. The van der Waals surface area contributed by atoms with Crippen LogP contribution in [0.3, 0.4) is 0 Å². The van der Waals surface area contributed by atoms with E-state index >= 15 is 0 Å². The van der Waals surface area contributed by atoms with Crippen LogP contribution in [-0.4, -0.2) is 12.5 Å². The van der Waals surface area contributed by atoms with Gasteiger partial charge >= 0.3 is 0 Å². The van der Waals surface area contributed by atoms with E-state index in [1.54, 1.807) is 12.1 Å². The Bertz CT molecular complexity index is 723. The van der Waals surface area contributed by atoms with Crippen LogP contribution in [-0.2, 0) is 0 Å². The number of amides is 1. The van der Waals surface area contributed by atoms with Gasteiger partial charge in [0.25, 0.3) is 5.91 Å². The predicted octanol–water partition coefficient (Wildman–Crippen LogP) is 2.87. The fourth-order valence-electron chi connectivity index (χ4n) is 1.96. The molecule has 0 aliphatic heterocycles. The zero-order chi connectivity index (χ0) is 15.2. The molecular formula is C18H18N2O. The van der Waals surface area contributed by atoms with Gasteiger partial charge in [0, 0.05) is 16.8 Å². The third kappa shape index (κ3) is 3.95. The van der Waals surface area contributed by atoms with Crippen LogP contribution in [0.4, 0.5) is 5.69 Å². The number of nitrogens with two attached hydrogens (primary N) is 1. The molecule has 0 aromatic heterocycles. The summed E-state index contributed by atoms with van der Waals surface area (Å²) in [5, 5.41) is 2.94. The van der Waals surface area contributed by atoms with Crippen LogP contribution in [0, 0.1) is 25.7 Å². The lowest BCUT2D eigenvalue weighted by Gasteiger charge is -2.09. The van der Waals surface area contributed by atoms with Gasteiger partial charge in [-0.05, 0) is 49.2 Å². The third-order valence-electron chi connectivity index (χ3n) is 3.10. The summed E-state index contributed by atoms with van der Waals surface area (Å²) in [6.45, 7) is 4.27. The van der Waals surface area contributed by atoms with Gasteiger partial charge in [-0.2, -0.15) is 0 Å². The van der Waals surface area contributed by atoms with Crippen LogP contribution in [0.1, 0.15) is 27.0 Å². The fraction of sp³-hybridized carbons (Fsp3) is 0.167. The molecule has 106 valence electrons. The monoisotopic (exact) mass is 278 g/mol. The van der Waals surface area contributed by atoms with Crippen molar-refractivity contribution in [2.24, 2.45) is 5.73 Å². The molecule has 0 saturated heterocycles. The van der Waals surface area contributed by atoms with Crippen molar-refractivity contribution in [3.8, 4) is 11.8 Å². The molecular weight excluding hydrogens is 260 g/mol. The maximum Gasteiger partial charge on any atom is 0.255 e. The van der Waals surface area contributed by atoms with Crippen molar-refractivity contribution >= 4 is 11.6 Å². The largest absolute Gasteiger partial charge is 0.322 e. The van der Waals surface area contributed by atoms with E-state index in [4.69, 9.17) is 5.73 Å². The summed E-state index contributed by atoms with van der Waals surface area (Å²) in [7, 11) is 0. The average molecular weight is 278 g/mol. The normalized spacial score (nSPS) is 9.67. The van der Waals surface area contributed by atoms with Crippen molar-refractivity contribution in [3.63, 3.8) is 0 Å². The maximum atomic E-state index is 12.3. The van der Waals surface area contributed by atoms with Crippen molar-refractivity contribution in [1.82, 2.24) is 0 Å². The molecule has 21 heavy (non-hydrogen) atoms. The van der Waals surface area contributed by atoms with Crippen LogP contribution < -0.4 is 11.1 Å². The molecule has 0 aliphatic carbocycles. The van der Waals surface area contributed by atoms with Crippen LogP contribution in [0.15, 0.2) is 42.5 Å². The quantitative estimate of drug-likeness (QED) is 0.830. The Kier molecular flexibility index (Phi) is 4.76. The Balaban J connectivity index is 2.22. The molecule has 0 unspecified atom stereocenters. The number of hydrogen-bond acceptors (Lipinski definition) is 2. The predicted molar refractivity (Wildman–Crippen MR) is 86.2 cm³/mol. The molecule has 0 fully saturated rings. The minimum atomic E-state index is -0.139. The van der Waals surface area contributed by atoms with Crippen LogP contribution in [0.2, 0.25) is 0 Å². The van der Waals surface area contributed by atoms with Gasteiger partial charge in [0.2, 0.25) is 0 Å². The number of aryl methyl sites for hydroxylation is 2. The first kappa shape index (κ1) is 14.8. The molecule has 0 radical (unpaired) electrons. The van der Waals surface area contributed by atoms with E-state index in [0.717, 1.165) is 22.4 Å². The highest BCUT2D eigenvalue weighted by Crippen LogP contribution is 2.17. The Morgan fingerprint density at radius 3 is 2.76 bits per heavy atom. The number of nitrogens with one attached hydrogen (secondary N) is 1. The van der Waals surface area contributed by atoms with E-state index < -0.39 is 0 Å². The fourth-order valence-corrected chi connectivity index (χ4v) is 1.96. The molecule has 0 bridgehead atoms. The average Bonchev–Trinajstić information content (AvgIpc) is 2.49. The molecule has 2 rings (SSSR count). The lowest BCUT2D eigenvalue weighted by atomic mass is 10.1. The Morgan fingerprint density at radius 2 is 2.00 bits per heavy atom. The third-order valence-corrected chi connectivity index (χ3v) is 3.10. The van der Waals surface area contributed by atoms with Gasteiger partial charge < -0.3 is 11.1 Å². The first-order valence-corrected chi connectivity index (χ1v) is 6.78. The van der Waals surface area contributed by atoms with Gasteiger partial charge in [0.1, 0.15) is 0 Å². The number of carbonyl (C=O) groups is 1. The molecule has 2 aromatic carbocycles. The summed E-state index contributed by atoms with van der Waals surface area (Å²) in [5.74, 6) is 5.57. The molecule has 0 spiro atoms. The summed E-state index contributed by atoms with van der Waals surface area (Å²) in [6, 6.07) is 13.2. The molecule has 0 saturated carbocycles. The number of carbonyl (C=O) groups excluding carboxylic acids is 1. The van der Waals surface area contributed by atoms with E-state index in [9.17, 15) is 4.79 Å². The minimum Gasteiger partial charge on any atom is -0.322 e.